The lowest BCUT2D eigenvalue weighted by molar-refractivity contribution is -0.130. The lowest BCUT2D eigenvalue weighted by atomic mass is 10.1. The molecule has 1 amide bonds. The van der Waals surface area contributed by atoms with Gasteiger partial charge in [0.05, 0.1) is 12.2 Å². The van der Waals surface area contributed by atoms with Crippen molar-refractivity contribution >= 4 is 17.8 Å². The molecule has 0 radical (unpaired) electrons. The minimum absolute atomic E-state index is 0.140. The highest BCUT2D eigenvalue weighted by Gasteiger charge is 2.32. The molecule has 0 spiro atoms. The van der Waals surface area contributed by atoms with Gasteiger partial charge < -0.3 is 19.8 Å². The van der Waals surface area contributed by atoms with Crippen molar-refractivity contribution < 1.29 is 23.9 Å². The summed E-state index contributed by atoms with van der Waals surface area (Å²) in [6, 6.07) is 9.00. The molecule has 1 aromatic heterocycles. The van der Waals surface area contributed by atoms with Crippen LogP contribution < -0.4 is 5.32 Å². The van der Waals surface area contributed by atoms with Crippen molar-refractivity contribution in [3.63, 3.8) is 0 Å². The van der Waals surface area contributed by atoms with Crippen molar-refractivity contribution in [1.82, 2.24) is 10.3 Å². The fourth-order valence-electron chi connectivity index (χ4n) is 3.03. The molecule has 3 rings (SSSR count). The first-order valence-corrected chi connectivity index (χ1v) is 9.35. The monoisotopic (exact) mass is 384 g/mol. The van der Waals surface area contributed by atoms with Gasteiger partial charge in [0.2, 0.25) is 6.10 Å². The highest BCUT2D eigenvalue weighted by atomic mass is 16.5. The Labute approximate surface area is 163 Å². The van der Waals surface area contributed by atoms with E-state index in [0.29, 0.717) is 22.4 Å². The molecule has 0 aliphatic heterocycles. The zero-order chi connectivity index (χ0) is 20.3. The smallest absolute Gasteiger partial charge is 0.356 e. The second kappa shape index (κ2) is 8.29. The molecule has 1 aromatic carbocycles. The molecule has 0 saturated heterocycles. The van der Waals surface area contributed by atoms with Crippen LogP contribution >= 0.6 is 0 Å². The van der Waals surface area contributed by atoms with Crippen molar-refractivity contribution in [2.24, 2.45) is 0 Å². The van der Waals surface area contributed by atoms with Gasteiger partial charge in [0.15, 0.2) is 0 Å². The molecule has 7 heteroatoms. The van der Waals surface area contributed by atoms with Crippen LogP contribution in [0.2, 0.25) is 0 Å². The first kappa shape index (κ1) is 19.7. The van der Waals surface area contributed by atoms with E-state index in [1.165, 1.54) is 0 Å². The van der Waals surface area contributed by atoms with E-state index in [4.69, 9.17) is 9.47 Å². The molecular formula is C21H24N2O5. The average Bonchev–Trinajstić information content (AvgIpc) is 3.43. The van der Waals surface area contributed by atoms with Crippen LogP contribution in [0.3, 0.4) is 0 Å². The topological polar surface area (TPSA) is 97.5 Å². The highest BCUT2D eigenvalue weighted by molar-refractivity contribution is 5.99. The number of benzene rings is 1. The molecule has 1 aliphatic carbocycles. The first-order chi connectivity index (χ1) is 13.4. The number of nitrogens with one attached hydrogen (secondary N) is 2. The standard InChI is InChI=1S/C21H24N2O5/c1-4-27-20(25)16-12(2)17(22-13(16)3)21(26)28-18(14-8-6-5-7-9-14)19(24)23-15-10-11-15/h5-9,15,18,22H,4,10-11H2,1-3H3,(H,23,24). The van der Waals surface area contributed by atoms with Crippen LogP contribution in [0.15, 0.2) is 30.3 Å². The average molecular weight is 384 g/mol. The van der Waals surface area contributed by atoms with Crippen molar-refractivity contribution in [1.29, 1.82) is 0 Å². The Morgan fingerprint density at radius 2 is 1.82 bits per heavy atom. The molecule has 1 heterocycles. The normalized spacial score (nSPS) is 14.2. The molecule has 28 heavy (non-hydrogen) atoms. The molecule has 0 bridgehead atoms. The van der Waals surface area contributed by atoms with Crippen LogP contribution in [0.25, 0.3) is 0 Å². The summed E-state index contributed by atoms with van der Waals surface area (Å²) in [5, 5.41) is 2.87. The molecule has 2 aromatic rings. The summed E-state index contributed by atoms with van der Waals surface area (Å²) in [5.74, 6) is -1.55. The van der Waals surface area contributed by atoms with E-state index in [0.717, 1.165) is 12.8 Å². The van der Waals surface area contributed by atoms with E-state index < -0.39 is 18.0 Å². The molecule has 7 nitrogen and oxygen atoms in total. The number of carbonyl (C=O) groups is 3. The van der Waals surface area contributed by atoms with Gasteiger partial charge in [-0.3, -0.25) is 4.79 Å². The number of hydrogen-bond donors (Lipinski definition) is 2. The van der Waals surface area contributed by atoms with Crippen LogP contribution in [0.1, 0.15) is 63.5 Å². The van der Waals surface area contributed by atoms with E-state index >= 15 is 0 Å². The van der Waals surface area contributed by atoms with Crippen LogP contribution in [0.5, 0.6) is 0 Å². The van der Waals surface area contributed by atoms with Gasteiger partial charge in [0.1, 0.15) is 5.69 Å². The van der Waals surface area contributed by atoms with E-state index in [-0.39, 0.29) is 24.2 Å². The Hall–Kier alpha value is -3.09. The van der Waals surface area contributed by atoms with Gasteiger partial charge in [0.25, 0.3) is 5.91 Å². The number of H-pyrrole nitrogens is 1. The fourth-order valence-corrected chi connectivity index (χ4v) is 3.03. The number of aromatic amines is 1. The molecule has 148 valence electrons. The quantitative estimate of drug-likeness (QED) is 0.715. The van der Waals surface area contributed by atoms with Gasteiger partial charge in [-0.1, -0.05) is 30.3 Å². The number of ether oxygens (including phenoxy) is 2. The Balaban J connectivity index is 1.85. The Morgan fingerprint density at radius 1 is 1.14 bits per heavy atom. The molecule has 1 atom stereocenters. The lowest BCUT2D eigenvalue weighted by Crippen LogP contribution is -2.33. The van der Waals surface area contributed by atoms with Crippen molar-refractivity contribution in [2.75, 3.05) is 6.61 Å². The van der Waals surface area contributed by atoms with Gasteiger partial charge in [-0.2, -0.15) is 0 Å². The number of rotatable bonds is 7. The fraction of sp³-hybridized carbons (Fsp3) is 0.381. The van der Waals surface area contributed by atoms with E-state index in [1.807, 2.05) is 6.07 Å². The second-order valence-corrected chi connectivity index (χ2v) is 6.82. The number of hydrogen-bond acceptors (Lipinski definition) is 5. The predicted octanol–water partition coefficient (Wildman–Crippen LogP) is 2.98. The third-order valence-corrected chi connectivity index (χ3v) is 4.61. The summed E-state index contributed by atoms with van der Waals surface area (Å²) in [6.45, 7) is 5.28. The van der Waals surface area contributed by atoms with E-state index in [9.17, 15) is 14.4 Å². The van der Waals surface area contributed by atoms with Crippen LogP contribution in [0, 0.1) is 13.8 Å². The summed E-state index contributed by atoms with van der Waals surface area (Å²) >= 11 is 0. The van der Waals surface area contributed by atoms with Crippen LogP contribution in [-0.4, -0.2) is 35.5 Å². The largest absolute Gasteiger partial charge is 0.462 e. The third-order valence-electron chi connectivity index (χ3n) is 4.61. The summed E-state index contributed by atoms with van der Waals surface area (Å²) < 4.78 is 10.6. The maximum absolute atomic E-state index is 12.8. The highest BCUT2D eigenvalue weighted by Crippen LogP contribution is 2.26. The number of amides is 1. The molecular weight excluding hydrogens is 360 g/mol. The Kier molecular flexibility index (Phi) is 5.82. The maximum Gasteiger partial charge on any atom is 0.356 e. The van der Waals surface area contributed by atoms with E-state index in [2.05, 4.69) is 10.3 Å². The number of aromatic nitrogens is 1. The van der Waals surface area contributed by atoms with Crippen molar-refractivity contribution in [3.05, 3.63) is 58.4 Å². The maximum atomic E-state index is 12.8. The molecule has 2 N–H and O–H groups in total. The van der Waals surface area contributed by atoms with Crippen molar-refractivity contribution in [3.8, 4) is 0 Å². The van der Waals surface area contributed by atoms with Gasteiger partial charge in [0, 0.05) is 17.3 Å². The summed E-state index contributed by atoms with van der Waals surface area (Å²) in [5.41, 5.74) is 1.99. The third kappa shape index (κ3) is 4.24. The number of aryl methyl sites for hydroxylation is 1. The van der Waals surface area contributed by atoms with Crippen LogP contribution in [0.4, 0.5) is 0 Å². The molecule has 1 unspecified atom stereocenters. The summed E-state index contributed by atoms with van der Waals surface area (Å²) in [6.07, 6.45) is 0.793. The molecule has 1 aliphatic rings. The first-order valence-electron chi connectivity index (χ1n) is 9.35. The zero-order valence-electron chi connectivity index (χ0n) is 16.2. The molecule has 1 saturated carbocycles. The lowest BCUT2D eigenvalue weighted by Gasteiger charge is -2.18. The summed E-state index contributed by atoms with van der Waals surface area (Å²) in [7, 11) is 0. The van der Waals surface area contributed by atoms with Gasteiger partial charge in [-0.25, -0.2) is 9.59 Å². The van der Waals surface area contributed by atoms with Gasteiger partial charge in [-0.15, -0.1) is 0 Å². The van der Waals surface area contributed by atoms with E-state index in [1.54, 1.807) is 45.0 Å². The van der Waals surface area contributed by atoms with Gasteiger partial charge >= 0.3 is 11.9 Å². The number of carbonyl (C=O) groups excluding carboxylic acids is 3. The second-order valence-electron chi connectivity index (χ2n) is 6.82. The SMILES string of the molecule is CCOC(=O)c1c(C)[nH]c(C(=O)OC(C(=O)NC2CC2)c2ccccc2)c1C. The minimum atomic E-state index is -1.07. The predicted molar refractivity (Wildman–Crippen MR) is 102 cm³/mol. The summed E-state index contributed by atoms with van der Waals surface area (Å²) in [4.78, 5) is 40.5. The van der Waals surface area contributed by atoms with Crippen molar-refractivity contribution in [2.45, 2.75) is 45.8 Å². The number of esters is 2. The van der Waals surface area contributed by atoms with Gasteiger partial charge in [-0.05, 0) is 39.2 Å². The minimum Gasteiger partial charge on any atom is -0.462 e. The Morgan fingerprint density at radius 3 is 2.43 bits per heavy atom. The van der Waals surface area contributed by atoms with Crippen LogP contribution in [-0.2, 0) is 14.3 Å². The zero-order valence-corrected chi connectivity index (χ0v) is 16.2. The molecule has 1 fully saturated rings. The Bertz CT molecular complexity index is 884.